The molecule has 94 valence electrons. The van der Waals surface area contributed by atoms with Crippen molar-refractivity contribution in [2.24, 2.45) is 5.73 Å². The molecule has 0 spiro atoms. The average Bonchev–Trinajstić information content (AvgIpc) is 2.93. The zero-order chi connectivity index (χ0) is 12.7. The minimum atomic E-state index is -0.0756. The molecule has 0 amide bonds. The van der Waals surface area contributed by atoms with E-state index < -0.39 is 0 Å². The van der Waals surface area contributed by atoms with Crippen LogP contribution in [0.25, 0.3) is 0 Å². The minimum Gasteiger partial charge on any atom is -0.466 e. The molecule has 1 aliphatic carbocycles. The van der Waals surface area contributed by atoms with Crippen LogP contribution in [-0.4, -0.2) is 0 Å². The van der Waals surface area contributed by atoms with Crippen LogP contribution in [0.4, 0.5) is 0 Å². The molecule has 2 aromatic rings. The monoisotopic (exact) mass is 241 g/mol. The second-order valence-electron chi connectivity index (χ2n) is 5.23. The van der Waals surface area contributed by atoms with Gasteiger partial charge in [0.05, 0.1) is 6.04 Å². The summed E-state index contributed by atoms with van der Waals surface area (Å²) in [6, 6.07) is 8.65. The molecular formula is C16H19NO. The van der Waals surface area contributed by atoms with Crippen molar-refractivity contribution in [3.8, 4) is 0 Å². The van der Waals surface area contributed by atoms with Gasteiger partial charge in [-0.05, 0) is 55.9 Å². The fourth-order valence-electron chi connectivity index (χ4n) is 2.92. The molecule has 2 heteroatoms. The van der Waals surface area contributed by atoms with Gasteiger partial charge in [0, 0.05) is 5.56 Å². The SMILES string of the molecule is Cc1cc(C(N)c2ccc3c(c2)CCC3)c(C)o1. The van der Waals surface area contributed by atoms with E-state index in [1.165, 1.54) is 36.0 Å². The maximum absolute atomic E-state index is 6.36. The lowest BCUT2D eigenvalue weighted by Gasteiger charge is -2.13. The Bertz CT molecular complexity index is 583. The number of hydrogen-bond donors (Lipinski definition) is 1. The smallest absolute Gasteiger partial charge is 0.106 e. The van der Waals surface area contributed by atoms with Gasteiger partial charge >= 0.3 is 0 Å². The Labute approximate surface area is 108 Å². The number of fused-ring (bicyclic) bond motifs is 1. The van der Waals surface area contributed by atoms with Gasteiger partial charge in [0.1, 0.15) is 11.5 Å². The van der Waals surface area contributed by atoms with Gasteiger partial charge in [-0.25, -0.2) is 0 Å². The van der Waals surface area contributed by atoms with Gasteiger partial charge in [0.2, 0.25) is 0 Å². The first-order chi connectivity index (χ1) is 8.65. The van der Waals surface area contributed by atoms with Gasteiger partial charge in [-0.2, -0.15) is 0 Å². The molecule has 1 heterocycles. The van der Waals surface area contributed by atoms with Gasteiger partial charge in [-0.3, -0.25) is 0 Å². The lowest BCUT2D eigenvalue weighted by atomic mass is 9.96. The first kappa shape index (κ1) is 11.5. The predicted molar refractivity (Wildman–Crippen MR) is 72.7 cm³/mol. The highest BCUT2D eigenvalue weighted by Crippen LogP contribution is 2.29. The molecule has 0 radical (unpaired) electrons. The van der Waals surface area contributed by atoms with E-state index in [1.54, 1.807) is 0 Å². The van der Waals surface area contributed by atoms with E-state index in [9.17, 15) is 0 Å². The number of rotatable bonds is 2. The molecule has 18 heavy (non-hydrogen) atoms. The van der Waals surface area contributed by atoms with Gasteiger partial charge in [-0.15, -0.1) is 0 Å². The highest BCUT2D eigenvalue weighted by Gasteiger charge is 2.18. The fraction of sp³-hybridized carbons (Fsp3) is 0.375. The molecule has 0 fully saturated rings. The summed E-state index contributed by atoms with van der Waals surface area (Å²) in [6.07, 6.45) is 3.69. The summed E-state index contributed by atoms with van der Waals surface area (Å²) in [6.45, 7) is 3.95. The molecule has 0 saturated heterocycles. The quantitative estimate of drug-likeness (QED) is 0.874. The van der Waals surface area contributed by atoms with E-state index in [4.69, 9.17) is 10.2 Å². The van der Waals surface area contributed by atoms with E-state index in [-0.39, 0.29) is 6.04 Å². The zero-order valence-corrected chi connectivity index (χ0v) is 11.0. The van der Waals surface area contributed by atoms with E-state index >= 15 is 0 Å². The second kappa shape index (κ2) is 4.29. The molecule has 0 aliphatic heterocycles. The molecule has 1 atom stereocenters. The Morgan fingerprint density at radius 3 is 2.61 bits per heavy atom. The number of aryl methyl sites for hydroxylation is 4. The average molecular weight is 241 g/mol. The largest absolute Gasteiger partial charge is 0.466 e. The minimum absolute atomic E-state index is 0.0756. The highest BCUT2D eigenvalue weighted by molar-refractivity contribution is 5.40. The Kier molecular flexibility index (Phi) is 2.75. The first-order valence-corrected chi connectivity index (χ1v) is 6.59. The van der Waals surface area contributed by atoms with Crippen molar-refractivity contribution in [2.75, 3.05) is 0 Å². The van der Waals surface area contributed by atoms with Crippen molar-refractivity contribution in [3.63, 3.8) is 0 Å². The van der Waals surface area contributed by atoms with Crippen LogP contribution in [0.1, 0.15) is 46.2 Å². The van der Waals surface area contributed by atoms with Crippen LogP contribution in [0.5, 0.6) is 0 Å². The Morgan fingerprint density at radius 1 is 1.11 bits per heavy atom. The van der Waals surface area contributed by atoms with Crippen LogP contribution in [0, 0.1) is 13.8 Å². The third-order valence-electron chi connectivity index (χ3n) is 3.90. The Balaban J connectivity index is 1.97. The molecule has 3 rings (SSSR count). The van der Waals surface area contributed by atoms with Crippen LogP contribution < -0.4 is 5.73 Å². The molecule has 2 N–H and O–H groups in total. The number of furan rings is 1. The van der Waals surface area contributed by atoms with E-state index in [0.717, 1.165) is 17.1 Å². The van der Waals surface area contributed by atoms with Crippen molar-refractivity contribution in [1.29, 1.82) is 0 Å². The summed E-state index contributed by atoms with van der Waals surface area (Å²) in [5, 5.41) is 0. The first-order valence-electron chi connectivity index (χ1n) is 6.59. The third-order valence-corrected chi connectivity index (χ3v) is 3.90. The number of hydrogen-bond acceptors (Lipinski definition) is 2. The van der Waals surface area contributed by atoms with E-state index in [2.05, 4.69) is 18.2 Å². The van der Waals surface area contributed by atoms with Gasteiger partial charge in [0.25, 0.3) is 0 Å². The van der Waals surface area contributed by atoms with Crippen LogP contribution >= 0.6 is 0 Å². The van der Waals surface area contributed by atoms with Gasteiger partial charge < -0.3 is 10.2 Å². The Hall–Kier alpha value is -1.54. The molecule has 0 bridgehead atoms. The van der Waals surface area contributed by atoms with Crippen LogP contribution in [0.3, 0.4) is 0 Å². The predicted octanol–water partition coefficient (Wildman–Crippen LogP) is 3.43. The lowest BCUT2D eigenvalue weighted by molar-refractivity contribution is 0.499. The third kappa shape index (κ3) is 1.87. The number of benzene rings is 1. The maximum Gasteiger partial charge on any atom is 0.106 e. The summed E-state index contributed by atoms with van der Waals surface area (Å²) < 4.78 is 5.57. The Morgan fingerprint density at radius 2 is 1.89 bits per heavy atom. The second-order valence-corrected chi connectivity index (χ2v) is 5.23. The van der Waals surface area contributed by atoms with Crippen molar-refractivity contribution >= 4 is 0 Å². The van der Waals surface area contributed by atoms with Crippen molar-refractivity contribution in [2.45, 2.75) is 39.2 Å². The number of nitrogens with two attached hydrogens (primary N) is 1. The van der Waals surface area contributed by atoms with Crippen molar-refractivity contribution in [1.82, 2.24) is 0 Å². The summed E-state index contributed by atoms with van der Waals surface area (Å²) in [5.74, 6) is 1.86. The highest BCUT2D eigenvalue weighted by atomic mass is 16.3. The molecule has 1 unspecified atom stereocenters. The molecular weight excluding hydrogens is 222 g/mol. The molecule has 0 saturated carbocycles. The van der Waals surface area contributed by atoms with E-state index in [0.29, 0.717) is 0 Å². The van der Waals surface area contributed by atoms with Crippen molar-refractivity contribution < 1.29 is 4.42 Å². The van der Waals surface area contributed by atoms with Crippen molar-refractivity contribution in [3.05, 3.63) is 58.0 Å². The van der Waals surface area contributed by atoms with E-state index in [1.807, 2.05) is 19.9 Å². The summed E-state index contributed by atoms with van der Waals surface area (Å²) in [4.78, 5) is 0. The van der Waals surface area contributed by atoms with Gasteiger partial charge in [-0.1, -0.05) is 18.2 Å². The molecule has 2 nitrogen and oxygen atoms in total. The molecule has 1 aromatic carbocycles. The summed E-state index contributed by atoms with van der Waals surface area (Å²) in [5.41, 5.74) is 11.6. The summed E-state index contributed by atoms with van der Waals surface area (Å²) in [7, 11) is 0. The van der Waals surface area contributed by atoms with Crippen LogP contribution in [0.15, 0.2) is 28.7 Å². The van der Waals surface area contributed by atoms with Gasteiger partial charge in [0.15, 0.2) is 0 Å². The fourth-order valence-corrected chi connectivity index (χ4v) is 2.92. The van der Waals surface area contributed by atoms with Crippen LogP contribution in [0.2, 0.25) is 0 Å². The zero-order valence-electron chi connectivity index (χ0n) is 11.0. The molecule has 1 aromatic heterocycles. The molecule has 1 aliphatic rings. The lowest BCUT2D eigenvalue weighted by Crippen LogP contribution is -2.12. The van der Waals surface area contributed by atoms with Crippen LogP contribution in [-0.2, 0) is 12.8 Å². The topological polar surface area (TPSA) is 39.2 Å². The standard InChI is InChI=1S/C16H19NO/c1-10-8-15(11(2)18-10)16(17)14-7-6-12-4-3-5-13(12)9-14/h6-9,16H,3-5,17H2,1-2H3. The normalized spacial score (nSPS) is 15.7. The maximum atomic E-state index is 6.36. The summed E-state index contributed by atoms with van der Waals surface area (Å²) >= 11 is 0.